The fraction of sp³-hybridized carbons (Fsp3) is 0.846. The smallest absolute Gasteiger partial charge is 0.309 e. The molecule has 0 unspecified atom stereocenters. The topological polar surface area (TPSA) is 57.6 Å². The van der Waals surface area contributed by atoms with Crippen molar-refractivity contribution < 1.29 is 14.7 Å². The number of likely N-dealkylation sites (tertiary alicyclic amines) is 1. The molecule has 2 aliphatic rings. The summed E-state index contributed by atoms with van der Waals surface area (Å²) in [6.07, 6.45) is 3.93. The SMILES string of the molecule is CN1CCC(C2(C(=O)O)CCC(=O)CC2)CC1. The first-order valence-corrected chi connectivity index (χ1v) is 6.48. The standard InChI is InChI=1S/C13H21NO3/c1-14-8-4-10(5-9-14)13(12(16)17)6-2-11(15)3-7-13/h10H,2-9H2,1H3,(H,16,17). The first kappa shape index (κ1) is 12.6. The molecular formula is C13H21NO3. The Morgan fingerprint density at radius 3 is 2.29 bits per heavy atom. The molecule has 4 nitrogen and oxygen atoms in total. The summed E-state index contributed by atoms with van der Waals surface area (Å²) in [5.74, 6) is -0.196. The molecule has 1 heterocycles. The summed E-state index contributed by atoms with van der Waals surface area (Å²) in [4.78, 5) is 25.2. The van der Waals surface area contributed by atoms with Crippen molar-refractivity contribution in [3.05, 3.63) is 0 Å². The molecule has 0 bridgehead atoms. The fourth-order valence-corrected chi connectivity index (χ4v) is 3.33. The van der Waals surface area contributed by atoms with Crippen LogP contribution in [0, 0.1) is 11.3 Å². The monoisotopic (exact) mass is 239 g/mol. The molecule has 0 amide bonds. The van der Waals surface area contributed by atoms with Crippen molar-refractivity contribution in [1.82, 2.24) is 4.90 Å². The summed E-state index contributed by atoms with van der Waals surface area (Å²) in [5.41, 5.74) is -0.616. The van der Waals surface area contributed by atoms with Crippen molar-refractivity contribution >= 4 is 11.8 Å². The summed E-state index contributed by atoms with van der Waals surface area (Å²) in [7, 11) is 2.08. The van der Waals surface area contributed by atoms with Crippen LogP contribution >= 0.6 is 0 Å². The maximum Gasteiger partial charge on any atom is 0.309 e. The lowest BCUT2D eigenvalue weighted by Gasteiger charge is -2.43. The Hall–Kier alpha value is -0.900. The Morgan fingerprint density at radius 2 is 1.82 bits per heavy atom. The van der Waals surface area contributed by atoms with E-state index in [1.165, 1.54) is 0 Å². The highest BCUT2D eigenvalue weighted by Crippen LogP contribution is 2.46. The van der Waals surface area contributed by atoms with E-state index < -0.39 is 11.4 Å². The molecule has 0 atom stereocenters. The lowest BCUT2D eigenvalue weighted by molar-refractivity contribution is -0.157. The molecule has 2 rings (SSSR count). The summed E-state index contributed by atoms with van der Waals surface area (Å²) in [6.45, 7) is 1.96. The van der Waals surface area contributed by atoms with Gasteiger partial charge in [-0.2, -0.15) is 0 Å². The van der Waals surface area contributed by atoms with E-state index in [1.54, 1.807) is 0 Å². The second kappa shape index (κ2) is 4.77. The Bertz CT molecular complexity index is 309. The van der Waals surface area contributed by atoms with E-state index in [0.29, 0.717) is 25.7 Å². The van der Waals surface area contributed by atoms with Gasteiger partial charge >= 0.3 is 5.97 Å². The van der Waals surface area contributed by atoms with Gasteiger partial charge in [0.25, 0.3) is 0 Å². The Kier molecular flexibility index (Phi) is 3.52. The number of piperidine rings is 1. The molecule has 1 saturated heterocycles. The minimum absolute atomic E-state index is 0.231. The summed E-state index contributed by atoms with van der Waals surface area (Å²) in [6, 6.07) is 0. The third kappa shape index (κ3) is 2.37. The molecule has 0 aromatic rings. The molecular weight excluding hydrogens is 218 g/mol. The molecule has 96 valence electrons. The number of carbonyl (C=O) groups is 2. The summed E-state index contributed by atoms with van der Waals surface area (Å²) < 4.78 is 0. The van der Waals surface area contributed by atoms with E-state index in [1.807, 2.05) is 0 Å². The number of carboxylic acids is 1. The van der Waals surface area contributed by atoms with Gasteiger partial charge in [0.1, 0.15) is 5.78 Å². The normalized spacial score (nSPS) is 27.0. The molecule has 0 aromatic carbocycles. The summed E-state index contributed by atoms with van der Waals surface area (Å²) >= 11 is 0. The highest BCUT2D eigenvalue weighted by Gasteiger charge is 2.48. The van der Waals surface area contributed by atoms with E-state index in [9.17, 15) is 14.7 Å². The third-order valence-electron chi connectivity index (χ3n) is 4.63. The number of hydrogen-bond acceptors (Lipinski definition) is 3. The summed E-state index contributed by atoms with van der Waals surface area (Å²) in [5, 5.41) is 9.57. The number of nitrogens with zero attached hydrogens (tertiary/aromatic N) is 1. The lowest BCUT2D eigenvalue weighted by atomic mass is 9.63. The fourth-order valence-electron chi connectivity index (χ4n) is 3.33. The molecule has 1 N–H and O–H groups in total. The van der Waals surface area contributed by atoms with E-state index in [-0.39, 0.29) is 11.7 Å². The number of ketones is 1. The Labute approximate surface area is 102 Å². The minimum atomic E-state index is -0.681. The van der Waals surface area contributed by atoms with Crippen molar-refractivity contribution in [2.45, 2.75) is 38.5 Å². The van der Waals surface area contributed by atoms with Crippen LogP contribution in [0.1, 0.15) is 38.5 Å². The van der Waals surface area contributed by atoms with Crippen molar-refractivity contribution in [3.63, 3.8) is 0 Å². The van der Waals surface area contributed by atoms with Crippen molar-refractivity contribution in [3.8, 4) is 0 Å². The van der Waals surface area contributed by atoms with Crippen molar-refractivity contribution in [2.24, 2.45) is 11.3 Å². The average molecular weight is 239 g/mol. The van der Waals surface area contributed by atoms with Gasteiger partial charge in [0, 0.05) is 12.8 Å². The highest BCUT2D eigenvalue weighted by molar-refractivity contribution is 5.84. The van der Waals surface area contributed by atoms with Crippen LogP contribution in [-0.2, 0) is 9.59 Å². The second-order valence-corrected chi connectivity index (χ2v) is 5.58. The molecule has 1 aliphatic carbocycles. The van der Waals surface area contributed by atoms with Gasteiger partial charge in [-0.15, -0.1) is 0 Å². The van der Waals surface area contributed by atoms with Crippen LogP contribution in [0.25, 0.3) is 0 Å². The molecule has 4 heteroatoms. The number of aliphatic carboxylic acids is 1. The predicted molar refractivity (Wildman–Crippen MR) is 63.8 cm³/mol. The average Bonchev–Trinajstić information content (AvgIpc) is 2.31. The number of hydrogen-bond donors (Lipinski definition) is 1. The molecule has 1 saturated carbocycles. The molecule has 0 spiro atoms. The minimum Gasteiger partial charge on any atom is -0.481 e. The lowest BCUT2D eigenvalue weighted by Crippen LogP contribution is -2.46. The Balaban J connectivity index is 2.11. The molecule has 1 aliphatic heterocycles. The van der Waals surface area contributed by atoms with E-state index in [0.717, 1.165) is 25.9 Å². The van der Waals surface area contributed by atoms with Gasteiger partial charge in [-0.3, -0.25) is 9.59 Å². The van der Waals surface area contributed by atoms with Crippen LogP contribution in [0.4, 0.5) is 0 Å². The van der Waals surface area contributed by atoms with Crippen LogP contribution in [0.15, 0.2) is 0 Å². The molecule has 0 radical (unpaired) electrons. The molecule has 0 aromatic heterocycles. The van der Waals surface area contributed by atoms with Gasteiger partial charge in [0.2, 0.25) is 0 Å². The molecule has 17 heavy (non-hydrogen) atoms. The van der Waals surface area contributed by atoms with Crippen LogP contribution in [0.5, 0.6) is 0 Å². The first-order chi connectivity index (χ1) is 8.04. The van der Waals surface area contributed by atoms with E-state index in [4.69, 9.17) is 0 Å². The van der Waals surface area contributed by atoms with Crippen LogP contribution in [0.2, 0.25) is 0 Å². The van der Waals surface area contributed by atoms with E-state index in [2.05, 4.69) is 11.9 Å². The maximum absolute atomic E-state index is 11.6. The van der Waals surface area contributed by atoms with Crippen LogP contribution < -0.4 is 0 Å². The predicted octanol–water partition coefficient (Wildman–Crippen LogP) is 1.54. The largest absolute Gasteiger partial charge is 0.481 e. The van der Waals surface area contributed by atoms with Gasteiger partial charge in [0.05, 0.1) is 5.41 Å². The van der Waals surface area contributed by atoms with Crippen molar-refractivity contribution in [1.29, 1.82) is 0 Å². The zero-order chi connectivity index (χ0) is 12.5. The maximum atomic E-state index is 11.6. The highest BCUT2D eigenvalue weighted by atomic mass is 16.4. The number of Topliss-reactive ketones (excluding diaryl/α,β-unsaturated/α-hetero) is 1. The second-order valence-electron chi connectivity index (χ2n) is 5.58. The quantitative estimate of drug-likeness (QED) is 0.794. The van der Waals surface area contributed by atoms with Gasteiger partial charge in [-0.05, 0) is 51.7 Å². The van der Waals surface area contributed by atoms with Crippen LogP contribution in [-0.4, -0.2) is 41.9 Å². The third-order valence-corrected chi connectivity index (χ3v) is 4.63. The Morgan fingerprint density at radius 1 is 1.29 bits per heavy atom. The molecule has 2 fully saturated rings. The van der Waals surface area contributed by atoms with E-state index >= 15 is 0 Å². The first-order valence-electron chi connectivity index (χ1n) is 6.48. The van der Waals surface area contributed by atoms with Crippen LogP contribution in [0.3, 0.4) is 0 Å². The van der Waals surface area contributed by atoms with Crippen molar-refractivity contribution in [2.75, 3.05) is 20.1 Å². The number of carboxylic acid groups (broad SMARTS) is 1. The van der Waals surface area contributed by atoms with Gasteiger partial charge < -0.3 is 10.0 Å². The number of rotatable bonds is 2. The van der Waals surface area contributed by atoms with Gasteiger partial charge in [-0.25, -0.2) is 0 Å². The van der Waals surface area contributed by atoms with Gasteiger partial charge in [0.15, 0.2) is 0 Å². The number of carbonyl (C=O) groups excluding carboxylic acids is 1. The zero-order valence-electron chi connectivity index (χ0n) is 10.4. The zero-order valence-corrected chi connectivity index (χ0v) is 10.4. The van der Waals surface area contributed by atoms with Gasteiger partial charge in [-0.1, -0.05) is 0 Å².